The lowest BCUT2D eigenvalue weighted by Crippen LogP contribution is -2.27. The Morgan fingerprint density at radius 2 is 2.18 bits per heavy atom. The van der Waals surface area contributed by atoms with Crippen LogP contribution >= 0.6 is 0 Å². The fraction of sp³-hybridized carbons (Fsp3) is 0.833. The minimum absolute atomic E-state index is 0.367. The maximum Gasteiger partial charge on any atom is 0.329 e. The van der Waals surface area contributed by atoms with Gasteiger partial charge in [-0.25, -0.2) is 4.79 Å². The maximum atomic E-state index is 9.98. The summed E-state index contributed by atoms with van der Waals surface area (Å²) in [5.41, 5.74) is 5.25. The van der Waals surface area contributed by atoms with Gasteiger partial charge >= 0.3 is 5.97 Å². The monoisotopic (exact) mass is 163 g/mol. The summed E-state index contributed by atoms with van der Waals surface area (Å²) in [6, 6.07) is 0. The van der Waals surface area contributed by atoms with E-state index in [1.165, 1.54) is 0 Å². The molecular formula is C6H13NO4. The molecule has 3 N–H and O–H groups in total. The molecule has 0 aromatic carbocycles. The molecule has 0 saturated carbocycles. The summed E-state index contributed by atoms with van der Waals surface area (Å²) in [7, 11) is 0. The predicted octanol–water partition coefficient (Wildman–Crippen LogP) is -0.245. The van der Waals surface area contributed by atoms with Gasteiger partial charge in [0.1, 0.15) is 12.8 Å². The summed E-state index contributed by atoms with van der Waals surface area (Å²) in [6.45, 7) is 2.86. The molecule has 0 radical (unpaired) electrons. The third-order valence-corrected chi connectivity index (χ3v) is 0.848. The van der Waals surface area contributed by atoms with Crippen LogP contribution in [-0.2, 0) is 14.3 Å². The van der Waals surface area contributed by atoms with E-state index in [2.05, 4.69) is 0 Å². The van der Waals surface area contributed by atoms with Crippen LogP contribution in [0, 0.1) is 0 Å². The molecule has 0 heterocycles. The average Bonchev–Trinajstić information content (AvgIpc) is 1.82. The highest BCUT2D eigenvalue weighted by molar-refractivity contribution is 5.67. The summed E-state index contributed by atoms with van der Waals surface area (Å²) in [6.07, 6.45) is -1.02. The number of carbonyl (C=O) groups is 1. The first-order valence-corrected chi connectivity index (χ1v) is 3.27. The molecule has 11 heavy (non-hydrogen) atoms. The lowest BCUT2D eigenvalue weighted by atomic mass is 10.6. The number of nitrogens with two attached hydrogens (primary N) is 1. The van der Waals surface area contributed by atoms with Crippen LogP contribution in [0.25, 0.3) is 0 Å². The van der Waals surface area contributed by atoms with Crippen molar-refractivity contribution in [1.29, 1.82) is 0 Å². The van der Waals surface area contributed by atoms with E-state index in [4.69, 9.17) is 20.3 Å². The van der Waals surface area contributed by atoms with Crippen LogP contribution < -0.4 is 5.73 Å². The number of hydrogen-bond acceptors (Lipinski definition) is 4. The molecule has 0 bridgehead atoms. The van der Waals surface area contributed by atoms with E-state index in [-0.39, 0.29) is 6.61 Å². The van der Waals surface area contributed by atoms with Gasteiger partial charge in [0.2, 0.25) is 0 Å². The molecule has 66 valence electrons. The molecule has 0 saturated heterocycles. The summed E-state index contributed by atoms with van der Waals surface area (Å²) in [4.78, 5) is 9.98. The van der Waals surface area contributed by atoms with Gasteiger partial charge in [-0.3, -0.25) is 0 Å². The molecule has 5 nitrogen and oxygen atoms in total. The SMILES string of the molecule is CC(N)OC(C)OCC(=O)O. The Kier molecular flexibility index (Phi) is 4.76. The first kappa shape index (κ1) is 10.3. The topological polar surface area (TPSA) is 81.8 Å². The summed E-state index contributed by atoms with van der Waals surface area (Å²) >= 11 is 0. The van der Waals surface area contributed by atoms with Gasteiger partial charge in [-0.1, -0.05) is 0 Å². The van der Waals surface area contributed by atoms with E-state index in [1.807, 2.05) is 0 Å². The minimum Gasteiger partial charge on any atom is -0.480 e. The fourth-order valence-electron chi connectivity index (χ4n) is 0.530. The van der Waals surface area contributed by atoms with Crippen LogP contribution in [0.5, 0.6) is 0 Å². The molecule has 0 spiro atoms. The van der Waals surface area contributed by atoms with Gasteiger partial charge in [-0.05, 0) is 13.8 Å². The summed E-state index contributed by atoms with van der Waals surface area (Å²) in [5, 5.41) is 8.18. The van der Waals surface area contributed by atoms with E-state index in [0.29, 0.717) is 0 Å². The molecule has 0 rings (SSSR count). The van der Waals surface area contributed by atoms with Crippen molar-refractivity contribution in [3.8, 4) is 0 Å². The lowest BCUT2D eigenvalue weighted by molar-refractivity contribution is -0.173. The van der Waals surface area contributed by atoms with Crippen molar-refractivity contribution in [2.24, 2.45) is 5.73 Å². The van der Waals surface area contributed by atoms with Gasteiger partial charge in [-0.15, -0.1) is 0 Å². The van der Waals surface area contributed by atoms with Gasteiger partial charge in [-0.2, -0.15) is 0 Å². The molecule has 0 aliphatic heterocycles. The Morgan fingerprint density at radius 1 is 1.64 bits per heavy atom. The van der Waals surface area contributed by atoms with Gasteiger partial charge in [0.15, 0.2) is 6.29 Å². The Balaban J connectivity index is 3.37. The van der Waals surface area contributed by atoms with Gasteiger partial charge in [0, 0.05) is 0 Å². The summed E-state index contributed by atoms with van der Waals surface area (Å²) < 4.78 is 9.61. The van der Waals surface area contributed by atoms with E-state index >= 15 is 0 Å². The average molecular weight is 163 g/mol. The quantitative estimate of drug-likeness (QED) is 0.546. The van der Waals surface area contributed by atoms with Crippen molar-refractivity contribution in [2.45, 2.75) is 26.4 Å². The smallest absolute Gasteiger partial charge is 0.329 e. The second-order valence-corrected chi connectivity index (χ2v) is 2.11. The number of ether oxygens (including phenoxy) is 2. The standard InChI is InChI=1S/C6H13NO4/c1-4(7)11-5(2)10-3-6(8)9/h4-5H,3,7H2,1-2H3,(H,8,9). The second kappa shape index (κ2) is 5.06. The highest BCUT2D eigenvalue weighted by Gasteiger charge is 2.06. The Morgan fingerprint density at radius 3 is 2.55 bits per heavy atom. The van der Waals surface area contributed by atoms with Crippen LogP contribution in [0.1, 0.15) is 13.8 Å². The zero-order chi connectivity index (χ0) is 8.85. The van der Waals surface area contributed by atoms with Gasteiger partial charge < -0.3 is 20.3 Å². The fourth-order valence-corrected chi connectivity index (χ4v) is 0.530. The molecule has 0 aliphatic carbocycles. The number of hydrogen-bond donors (Lipinski definition) is 2. The maximum absolute atomic E-state index is 9.98. The van der Waals surface area contributed by atoms with Crippen molar-refractivity contribution in [2.75, 3.05) is 6.61 Å². The van der Waals surface area contributed by atoms with Gasteiger partial charge in [0.05, 0.1) is 0 Å². The van der Waals surface area contributed by atoms with Crippen molar-refractivity contribution < 1.29 is 19.4 Å². The van der Waals surface area contributed by atoms with Crippen LogP contribution in [0.4, 0.5) is 0 Å². The molecule has 0 aromatic heterocycles. The third kappa shape index (κ3) is 7.24. The Hall–Kier alpha value is -0.650. The molecule has 2 atom stereocenters. The number of aliphatic carboxylic acids is 1. The normalized spacial score (nSPS) is 15.9. The second-order valence-electron chi connectivity index (χ2n) is 2.11. The first-order valence-electron chi connectivity index (χ1n) is 3.27. The Bertz CT molecular complexity index is 126. The lowest BCUT2D eigenvalue weighted by Gasteiger charge is -2.14. The van der Waals surface area contributed by atoms with Crippen LogP contribution in [0.2, 0.25) is 0 Å². The van der Waals surface area contributed by atoms with E-state index in [1.54, 1.807) is 13.8 Å². The number of carboxylic acids is 1. The Labute approximate surface area is 65.1 Å². The largest absolute Gasteiger partial charge is 0.480 e. The molecule has 0 amide bonds. The van der Waals surface area contributed by atoms with Gasteiger partial charge in [0.25, 0.3) is 0 Å². The molecule has 0 fully saturated rings. The molecule has 5 heteroatoms. The highest BCUT2D eigenvalue weighted by atomic mass is 16.7. The summed E-state index contributed by atoms with van der Waals surface area (Å²) in [5.74, 6) is -1.02. The first-order chi connectivity index (χ1) is 5.02. The van der Waals surface area contributed by atoms with Crippen molar-refractivity contribution in [1.82, 2.24) is 0 Å². The number of rotatable bonds is 5. The van der Waals surface area contributed by atoms with Crippen LogP contribution in [0.15, 0.2) is 0 Å². The van der Waals surface area contributed by atoms with Crippen LogP contribution in [0.3, 0.4) is 0 Å². The van der Waals surface area contributed by atoms with Crippen molar-refractivity contribution >= 4 is 5.97 Å². The van der Waals surface area contributed by atoms with E-state index in [0.717, 1.165) is 0 Å². The zero-order valence-corrected chi connectivity index (χ0v) is 6.61. The van der Waals surface area contributed by atoms with E-state index in [9.17, 15) is 4.79 Å². The highest BCUT2D eigenvalue weighted by Crippen LogP contribution is 1.94. The van der Waals surface area contributed by atoms with E-state index < -0.39 is 18.5 Å². The molecule has 0 aromatic rings. The number of carboxylic acid groups (broad SMARTS) is 1. The minimum atomic E-state index is -1.02. The van der Waals surface area contributed by atoms with Crippen molar-refractivity contribution in [3.63, 3.8) is 0 Å². The molecule has 2 unspecified atom stereocenters. The molecular weight excluding hydrogens is 150 g/mol. The predicted molar refractivity (Wildman–Crippen MR) is 37.8 cm³/mol. The van der Waals surface area contributed by atoms with Crippen molar-refractivity contribution in [3.05, 3.63) is 0 Å². The van der Waals surface area contributed by atoms with Crippen LogP contribution in [-0.4, -0.2) is 30.2 Å². The molecule has 0 aliphatic rings. The third-order valence-electron chi connectivity index (χ3n) is 0.848. The zero-order valence-electron chi connectivity index (χ0n) is 6.61.